The summed E-state index contributed by atoms with van der Waals surface area (Å²) in [6.45, 7) is 4.02. The third-order valence-electron chi connectivity index (χ3n) is 4.27. The van der Waals surface area contributed by atoms with Crippen molar-refractivity contribution < 1.29 is 4.79 Å². The van der Waals surface area contributed by atoms with Crippen LogP contribution in [0.15, 0.2) is 36.7 Å². The van der Waals surface area contributed by atoms with Gasteiger partial charge in [0.1, 0.15) is 0 Å². The molecule has 2 aromatic rings. The van der Waals surface area contributed by atoms with E-state index >= 15 is 0 Å². The molecular formula is C18H24N4OS. The molecule has 1 aliphatic rings. The van der Waals surface area contributed by atoms with Crippen LogP contribution in [0, 0.1) is 6.92 Å². The molecule has 6 heteroatoms. The van der Waals surface area contributed by atoms with Gasteiger partial charge in [-0.1, -0.05) is 29.8 Å². The molecule has 1 atom stereocenters. The van der Waals surface area contributed by atoms with E-state index in [-0.39, 0.29) is 11.9 Å². The average Bonchev–Trinajstić information content (AvgIpc) is 3.00. The lowest BCUT2D eigenvalue weighted by Crippen LogP contribution is -2.43. The molecule has 1 saturated heterocycles. The van der Waals surface area contributed by atoms with E-state index in [1.54, 1.807) is 0 Å². The van der Waals surface area contributed by atoms with Crippen molar-refractivity contribution in [2.75, 3.05) is 24.6 Å². The molecule has 1 amide bonds. The summed E-state index contributed by atoms with van der Waals surface area (Å²) >= 11 is 1.94. The zero-order valence-electron chi connectivity index (χ0n) is 14.2. The van der Waals surface area contributed by atoms with Crippen molar-refractivity contribution in [3.8, 4) is 0 Å². The first kappa shape index (κ1) is 17.0. The first-order valence-corrected chi connectivity index (χ1v) is 9.40. The summed E-state index contributed by atoms with van der Waals surface area (Å²) in [4.78, 5) is 14.6. The smallest absolute Gasteiger partial charge is 0.234 e. The fourth-order valence-corrected chi connectivity index (χ4v) is 4.17. The van der Waals surface area contributed by atoms with Gasteiger partial charge in [-0.15, -0.1) is 0 Å². The van der Waals surface area contributed by atoms with Crippen molar-refractivity contribution in [3.05, 3.63) is 53.3 Å². The molecule has 1 aromatic carbocycles. The average molecular weight is 344 g/mol. The Kier molecular flexibility index (Phi) is 5.58. The van der Waals surface area contributed by atoms with Gasteiger partial charge in [-0.25, -0.2) is 0 Å². The SMILES string of the molecule is Cc1cccc(CNC(=O)CN2CCSCC2c2cnn(C)c2)c1. The van der Waals surface area contributed by atoms with E-state index in [1.165, 1.54) is 11.1 Å². The minimum atomic E-state index is 0.0808. The molecule has 1 N–H and O–H groups in total. The number of amides is 1. The number of aryl methyl sites for hydroxylation is 2. The van der Waals surface area contributed by atoms with E-state index in [9.17, 15) is 4.79 Å². The summed E-state index contributed by atoms with van der Waals surface area (Å²) in [6, 6.07) is 8.51. The van der Waals surface area contributed by atoms with Gasteiger partial charge in [0.2, 0.25) is 5.91 Å². The predicted molar refractivity (Wildman–Crippen MR) is 97.9 cm³/mol. The zero-order valence-corrected chi connectivity index (χ0v) is 15.1. The minimum Gasteiger partial charge on any atom is -0.351 e. The van der Waals surface area contributed by atoms with Crippen molar-refractivity contribution in [2.24, 2.45) is 7.05 Å². The highest BCUT2D eigenvalue weighted by atomic mass is 32.2. The normalized spacial score (nSPS) is 18.5. The van der Waals surface area contributed by atoms with Crippen molar-refractivity contribution in [1.29, 1.82) is 0 Å². The van der Waals surface area contributed by atoms with Gasteiger partial charge in [-0.05, 0) is 12.5 Å². The highest BCUT2D eigenvalue weighted by molar-refractivity contribution is 7.99. The van der Waals surface area contributed by atoms with Crippen LogP contribution in [0.2, 0.25) is 0 Å². The Morgan fingerprint density at radius 3 is 3.08 bits per heavy atom. The molecule has 5 nitrogen and oxygen atoms in total. The van der Waals surface area contributed by atoms with Crippen LogP contribution in [0.3, 0.4) is 0 Å². The third-order valence-corrected chi connectivity index (χ3v) is 5.29. The van der Waals surface area contributed by atoms with Crippen molar-refractivity contribution >= 4 is 17.7 Å². The molecule has 128 valence electrons. The van der Waals surface area contributed by atoms with E-state index in [2.05, 4.69) is 34.4 Å². The lowest BCUT2D eigenvalue weighted by molar-refractivity contribution is -0.122. The summed E-state index contributed by atoms with van der Waals surface area (Å²) in [7, 11) is 1.93. The first-order valence-electron chi connectivity index (χ1n) is 8.24. The largest absolute Gasteiger partial charge is 0.351 e. The number of benzene rings is 1. The number of rotatable bonds is 5. The summed E-state index contributed by atoms with van der Waals surface area (Å²) in [5.74, 6) is 2.16. The lowest BCUT2D eigenvalue weighted by atomic mass is 10.1. The number of aromatic nitrogens is 2. The number of thioether (sulfide) groups is 1. The van der Waals surface area contributed by atoms with Crippen LogP contribution in [-0.2, 0) is 18.4 Å². The topological polar surface area (TPSA) is 50.2 Å². The first-order chi connectivity index (χ1) is 11.6. The molecule has 0 radical (unpaired) electrons. The van der Waals surface area contributed by atoms with Crippen LogP contribution >= 0.6 is 11.8 Å². The second kappa shape index (κ2) is 7.85. The van der Waals surface area contributed by atoms with Gasteiger partial charge < -0.3 is 5.32 Å². The van der Waals surface area contributed by atoms with Crippen LogP contribution in [0.5, 0.6) is 0 Å². The molecule has 0 spiro atoms. The van der Waals surface area contributed by atoms with Crippen LogP contribution in [0.4, 0.5) is 0 Å². The molecule has 1 fully saturated rings. The van der Waals surface area contributed by atoms with E-state index in [0.717, 1.165) is 23.6 Å². The number of nitrogens with one attached hydrogen (secondary N) is 1. The predicted octanol–water partition coefficient (Wildman–Crippen LogP) is 2.13. The quantitative estimate of drug-likeness (QED) is 0.903. The standard InChI is InChI=1S/C18H24N4OS/c1-14-4-3-5-15(8-14)9-19-18(23)12-22-6-7-24-13-17(22)16-10-20-21(2)11-16/h3-5,8,10-11,17H,6-7,9,12-13H2,1-2H3,(H,19,23). The van der Waals surface area contributed by atoms with Crippen molar-refractivity contribution in [1.82, 2.24) is 20.0 Å². The molecule has 1 aliphatic heterocycles. The Bertz CT molecular complexity index is 700. The second-order valence-electron chi connectivity index (χ2n) is 6.27. The van der Waals surface area contributed by atoms with Gasteiger partial charge >= 0.3 is 0 Å². The maximum absolute atomic E-state index is 12.4. The molecular weight excluding hydrogens is 320 g/mol. The van der Waals surface area contributed by atoms with E-state index < -0.39 is 0 Å². The fourth-order valence-electron chi connectivity index (χ4n) is 3.01. The fraction of sp³-hybridized carbons (Fsp3) is 0.444. The van der Waals surface area contributed by atoms with Gasteiger partial charge in [0, 0.05) is 49.4 Å². The highest BCUT2D eigenvalue weighted by Gasteiger charge is 2.26. The Morgan fingerprint density at radius 1 is 1.46 bits per heavy atom. The Morgan fingerprint density at radius 2 is 2.33 bits per heavy atom. The maximum atomic E-state index is 12.4. The maximum Gasteiger partial charge on any atom is 0.234 e. The van der Waals surface area contributed by atoms with E-state index in [4.69, 9.17) is 0 Å². The number of carbonyl (C=O) groups excluding carboxylic acids is 1. The van der Waals surface area contributed by atoms with Crippen LogP contribution in [0.1, 0.15) is 22.7 Å². The molecule has 1 aromatic heterocycles. The molecule has 0 aliphatic carbocycles. The van der Waals surface area contributed by atoms with E-state index in [1.807, 2.05) is 48.0 Å². The third kappa shape index (κ3) is 4.39. The van der Waals surface area contributed by atoms with Crippen molar-refractivity contribution in [3.63, 3.8) is 0 Å². The molecule has 0 bridgehead atoms. The Balaban J connectivity index is 1.57. The van der Waals surface area contributed by atoms with Crippen LogP contribution < -0.4 is 5.32 Å². The summed E-state index contributed by atoms with van der Waals surface area (Å²) in [5, 5.41) is 7.31. The number of nitrogens with zero attached hydrogens (tertiary/aromatic N) is 3. The lowest BCUT2D eigenvalue weighted by Gasteiger charge is -2.34. The van der Waals surface area contributed by atoms with Crippen LogP contribution in [-0.4, -0.2) is 45.2 Å². The molecule has 1 unspecified atom stereocenters. The van der Waals surface area contributed by atoms with Gasteiger partial charge in [0.15, 0.2) is 0 Å². The summed E-state index contributed by atoms with van der Waals surface area (Å²) in [5.41, 5.74) is 3.55. The highest BCUT2D eigenvalue weighted by Crippen LogP contribution is 2.28. The summed E-state index contributed by atoms with van der Waals surface area (Å²) in [6.07, 6.45) is 3.96. The molecule has 0 saturated carbocycles. The number of hydrogen-bond acceptors (Lipinski definition) is 4. The van der Waals surface area contributed by atoms with Gasteiger partial charge in [0.25, 0.3) is 0 Å². The zero-order chi connectivity index (χ0) is 16.9. The van der Waals surface area contributed by atoms with Gasteiger partial charge in [-0.2, -0.15) is 16.9 Å². The second-order valence-corrected chi connectivity index (χ2v) is 7.42. The van der Waals surface area contributed by atoms with E-state index in [0.29, 0.717) is 13.1 Å². The molecule has 24 heavy (non-hydrogen) atoms. The monoisotopic (exact) mass is 344 g/mol. The Labute approximate surface area is 147 Å². The number of hydrogen-bond donors (Lipinski definition) is 1. The van der Waals surface area contributed by atoms with Gasteiger partial charge in [0.05, 0.1) is 12.7 Å². The Hall–Kier alpha value is -1.79. The van der Waals surface area contributed by atoms with Crippen LogP contribution in [0.25, 0.3) is 0 Å². The van der Waals surface area contributed by atoms with Crippen molar-refractivity contribution in [2.45, 2.75) is 19.5 Å². The molecule has 2 heterocycles. The summed E-state index contributed by atoms with van der Waals surface area (Å²) < 4.78 is 1.82. The minimum absolute atomic E-state index is 0.0808. The molecule has 3 rings (SSSR count). The van der Waals surface area contributed by atoms with Gasteiger partial charge in [-0.3, -0.25) is 14.4 Å². The number of carbonyl (C=O) groups is 1.